The molecular formula is C14H22N4O2S. The molecule has 0 unspecified atom stereocenters. The molecule has 1 N–H and O–H groups in total. The van der Waals surface area contributed by atoms with Crippen LogP contribution in [-0.2, 0) is 9.59 Å². The van der Waals surface area contributed by atoms with E-state index in [1.54, 1.807) is 6.92 Å². The van der Waals surface area contributed by atoms with E-state index in [1.807, 2.05) is 18.7 Å². The third-order valence-electron chi connectivity index (χ3n) is 3.68. The molecule has 1 fully saturated rings. The first-order valence-electron chi connectivity index (χ1n) is 7.17. The minimum Gasteiger partial charge on any atom is -0.342 e. The van der Waals surface area contributed by atoms with Gasteiger partial charge in [-0.3, -0.25) is 14.5 Å². The van der Waals surface area contributed by atoms with E-state index in [0.717, 1.165) is 36.6 Å². The van der Waals surface area contributed by atoms with Crippen molar-refractivity contribution in [2.45, 2.75) is 27.2 Å². The Morgan fingerprint density at radius 3 is 2.62 bits per heavy atom. The van der Waals surface area contributed by atoms with Gasteiger partial charge in [0.25, 0.3) is 0 Å². The fourth-order valence-corrected chi connectivity index (χ4v) is 3.16. The van der Waals surface area contributed by atoms with Crippen molar-refractivity contribution in [1.29, 1.82) is 0 Å². The van der Waals surface area contributed by atoms with Gasteiger partial charge in [-0.15, -0.1) is 11.3 Å². The minimum absolute atomic E-state index is 0.0416. The molecule has 21 heavy (non-hydrogen) atoms. The molecule has 0 radical (unpaired) electrons. The lowest BCUT2D eigenvalue weighted by Crippen LogP contribution is -2.37. The van der Waals surface area contributed by atoms with Crippen LogP contribution < -0.4 is 5.32 Å². The first kappa shape index (κ1) is 15.9. The Morgan fingerprint density at radius 2 is 2.00 bits per heavy atom. The number of nitrogens with zero attached hydrogens (tertiary/aromatic N) is 3. The number of nitrogens with one attached hydrogen (secondary N) is 1. The summed E-state index contributed by atoms with van der Waals surface area (Å²) in [5, 5.41) is 3.51. The van der Waals surface area contributed by atoms with Crippen LogP contribution in [-0.4, -0.2) is 59.3 Å². The predicted molar refractivity (Wildman–Crippen MR) is 83.5 cm³/mol. The molecule has 0 aromatic carbocycles. The highest BCUT2D eigenvalue weighted by Gasteiger charge is 2.18. The van der Waals surface area contributed by atoms with Crippen LogP contribution in [0.5, 0.6) is 0 Å². The first-order valence-corrected chi connectivity index (χ1v) is 7.99. The third kappa shape index (κ3) is 4.50. The van der Waals surface area contributed by atoms with Gasteiger partial charge in [0.1, 0.15) is 0 Å². The monoisotopic (exact) mass is 310 g/mol. The number of rotatable bonds is 3. The second kappa shape index (κ2) is 7.00. The van der Waals surface area contributed by atoms with Gasteiger partial charge in [0, 0.05) is 38.0 Å². The summed E-state index contributed by atoms with van der Waals surface area (Å²) >= 11 is 1.50. The Labute approximate surface area is 129 Å². The second-order valence-corrected chi connectivity index (χ2v) is 6.55. The Bertz CT molecular complexity index is 510. The number of hydrogen-bond acceptors (Lipinski definition) is 5. The quantitative estimate of drug-likeness (QED) is 0.912. The van der Waals surface area contributed by atoms with Crippen LogP contribution in [0.15, 0.2) is 0 Å². The lowest BCUT2D eigenvalue weighted by atomic mass is 10.3. The van der Waals surface area contributed by atoms with Gasteiger partial charge in [0.05, 0.1) is 12.2 Å². The molecule has 1 aliphatic heterocycles. The number of hydrogen-bond donors (Lipinski definition) is 1. The maximum Gasteiger partial charge on any atom is 0.240 e. The zero-order valence-electron chi connectivity index (χ0n) is 12.8. The maximum absolute atomic E-state index is 12.1. The number of aromatic nitrogens is 1. The lowest BCUT2D eigenvalue weighted by Gasteiger charge is -2.20. The summed E-state index contributed by atoms with van der Waals surface area (Å²) in [5.41, 5.74) is 0.960. The molecule has 1 aliphatic rings. The number of carbonyl (C=O) groups is 2. The fourth-order valence-electron chi connectivity index (χ4n) is 2.33. The Morgan fingerprint density at radius 1 is 1.24 bits per heavy atom. The van der Waals surface area contributed by atoms with Crippen molar-refractivity contribution in [3.05, 3.63) is 10.6 Å². The lowest BCUT2D eigenvalue weighted by molar-refractivity contribution is -0.128. The van der Waals surface area contributed by atoms with Gasteiger partial charge in [-0.05, 0) is 20.3 Å². The average Bonchev–Trinajstić information content (AvgIpc) is 2.62. The van der Waals surface area contributed by atoms with Gasteiger partial charge in [0.2, 0.25) is 11.8 Å². The van der Waals surface area contributed by atoms with E-state index < -0.39 is 0 Å². The SMILES string of the molecule is CC(=O)N1CCCN(CC(=O)Nc2nc(C)c(C)s2)CC1. The van der Waals surface area contributed by atoms with E-state index in [2.05, 4.69) is 15.2 Å². The smallest absolute Gasteiger partial charge is 0.240 e. The number of anilines is 1. The van der Waals surface area contributed by atoms with Crippen molar-refractivity contribution >= 4 is 28.3 Å². The summed E-state index contributed by atoms with van der Waals surface area (Å²) in [6.45, 7) is 8.92. The fraction of sp³-hybridized carbons (Fsp3) is 0.643. The maximum atomic E-state index is 12.1. The first-order chi connectivity index (χ1) is 9.95. The van der Waals surface area contributed by atoms with Crippen LogP contribution in [0.25, 0.3) is 0 Å². The van der Waals surface area contributed by atoms with E-state index in [0.29, 0.717) is 18.2 Å². The number of thiazole rings is 1. The van der Waals surface area contributed by atoms with Crippen LogP contribution in [0.2, 0.25) is 0 Å². The van der Waals surface area contributed by atoms with Crippen molar-refractivity contribution in [1.82, 2.24) is 14.8 Å². The molecule has 2 heterocycles. The number of aryl methyl sites for hydroxylation is 2. The van der Waals surface area contributed by atoms with Crippen molar-refractivity contribution in [2.24, 2.45) is 0 Å². The van der Waals surface area contributed by atoms with Gasteiger partial charge >= 0.3 is 0 Å². The predicted octanol–water partition coefficient (Wildman–Crippen LogP) is 1.25. The largest absolute Gasteiger partial charge is 0.342 e. The molecule has 0 spiro atoms. The zero-order valence-corrected chi connectivity index (χ0v) is 13.6. The number of amides is 2. The minimum atomic E-state index is -0.0416. The summed E-state index contributed by atoms with van der Waals surface area (Å²) < 4.78 is 0. The standard InChI is InChI=1S/C14H22N4O2S/c1-10-11(2)21-14(15-10)16-13(20)9-17-5-4-6-18(8-7-17)12(3)19/h4-9H2,1-3H3,(H,15,16,20). The van der Waals surface area contributed by atoms with E-state index in [9.17, 15) is 9.59 Å². The molecule has 1 aromatic rings. The van der Waals surface area contributed by atoms with Gasteiger partial charge in [0.15, 0.2) is 5.13 Å². The van der Waals surface area contributed by atoms with E-state index in [1.165, 1.54) is 11.3 Å². The van der Waals surface area contributed by atoms with Crippen molar-refractivity contribution in [3.63, 3.8) is 0 Å². The average molecular weight is 310 g/mol. The molecule has 6 nitrogen and oxygen atoms in total. The third-order valence-corrected chi connectivity index (χ3v) is 4.66. The van der Waals surface area contributed by atoms with Crippen LogP contribution in [0.1, 0.15) is 23.9 Å². The van der Waals surface area contributed by atoms with E-state index in [-0.39, 0.29) is 11.8 Å². The zero-order chi connectivity index (χ0) is 15.4. The molecule has 0 atom stereocenters. The van der Waals surface area contributed by atoms with Crippen LogP contribution >= 0.6 is 11.3 Å². The molecule has 0 saturated carbocycles. The van der Waals surface area contributed by atoms with E-state index >= 15 is 0 Å². The summed E-state index contributed by atoms with van der Waals surface area (Å²) in [4.78, 5) is 32.8. The van der Waals surface area contributed by atoms with E-state index in [4.69, 9.17) is 0 Å². The Kier molecular flexibility index (Phi) is 5.30. The molecule has 1 saturated heterocycles. The van der Waals surface area contributed by atoms with Gasteiger partial charge < -0.3 is 10.2 Å². The summed E-state index contributed by atoms with van der Waals surface area (Å²) in [5.74, 6) is 0.0649. The highest BCUT2D eigenvalue weighted by Crippen LogP contribution is 2.20. The Hall–Kier alpha value is -1.47. The molecule has 116 valence electrons. The molecule has 0 aliphatic carbocycles. The number of carbonyl (C=O) groups excluding carboxylic acids is 2. The van der Waals surface area contributed by atoms with Crippen LogP contribution in [0.4, 0.5) is 5.13 Å². The molecule has 7 heteroatoms. The molecule has 2 amide bonds. The highest BCUT2D eigenvalue weighted by molar-refractivity contribution is 7.15. The van der Waals surface area contributed by atoms with Crippen LogP contribution in [0, 0.1) is 13.8 Å². The topological polar surface area (TPSA) is 65.5 Å². The summed E-state index contributed by atoms with van der Waals surface area (Å²) in [7, 11) is 0. The van der Waals surface area contributed by atoms with Gasteiger partial charge in [-0.25, -0.2) is 4.98 Å². The summed E-state index contributed by atoms with van der Waals surface area (Å²) in [6, 6.07) is 0. The van der Waals surface area contributed by atoms with Gasteiger partial charge in [-0.2, -0.15) is 0 Å². The van der Waals surface area contributed by atoms with Gasteiger partial charge in [-0.1, -0.05) is 0 Å². The summed E-state index contributed by atoms with van der Waals surface area (Å²) in [6.07, 6.45) is 0.905. The molecule has 0 bridgehead atoms. The molecule has 1 aromatic heterocycles. The van der Waals surface area contributed by atoms with Crippen molar-refractivity contribution in [2.75, 3.05) is 38.0 Å². The van der Waals surface area contributed by atoms with Crippen LogP contribution in [0.3, 0.4) is 0 Å². The van der Waals surface area contributed by atoms with Crippen molar-refractivity contribution in [3.8, 4) is 0 Å². The molecular weight excluding hydrogens is 288 g/mol. The second-order valence-electron chi connectivity index (χ2n) is 5.34. The Balaban J connectivity index is 1.83. The highest BCUT2D eigenvalue weighted by atomic mass is 32.1. The van der Waals surface area contributed by atoms with Crippen molar-refractivity contribution < 1.29 is 9.59 Å². The molecule has 2 rings (SSSR count). The normalized spacial score (nSPS) is 16.6.